The van der Waals surface area contributed by atoms with Crippen molar-refractivity contribution in [2.45, 2.75) is 32.9 Å². The normalized spacial score (nSPS) is 17.8. The molecular formula is C17H23ClN6S. The zero-order chi connectivity index (χ0) is 17.8. The molecular weight excluding hydrogens is 356 g/mol. The van der Waals surface area contributed by atoms with E-state index in [-0.39, 0.29) is 0 Å². The lowest BCUT2D eigenvalue weighted by Gasteiger charge is -2.20. The monoisotopic (exact) mass is 378 g/mol. The maximum Gasteiger partial charge on any atom is 0.191 e. The molecule has 1 unspecified atom stereocenters. The van der Waals surface area contributed by atoms with Gasteiger partial charge in [0.25, 0.3) is 0 Å². The van der Waals surface area contributed by atoms with E-state index in [1.54, 1.807) is 24.6 Å². The standard InChI is InChI=1S/C17H23ClN6S/c1-11-15(25-12(2)22-11)9-21-17(19-3)23-13-6-8-24(10-13)16-14(18)5-4-7-20-16/h4-5,7,13H,6,8-10H2,1-3H3,(H2,19,21,23). The van der Waals surface area contributed by atoms with Crippen molar-refractivity contribution in [1.82, 2.24) is 20.6 Å². The second-order valence-corrected chi connectivity index (χ2v) is 7.75. The van der Waals surface area contributed by atoms with Crippen LogP contribution in [-0.4, -0.2) is 42.1 Å². The molecule has 1 aliphatic rings. The van der Waals surface area contributed by atoms with E-state index < -0.39 is 0 Å². The predicted molar refractivity (Wildman–Crippen MR) is 105 cm³/mol. The smallest absolute Gasteiger partial charge is 0.191 e. The number of hydrogen-bond donors (Lipinski definition) is 2. The third-order valence-corrected chi connectivity index (χ3v) is 5.58. The number of pyridine rings is 1. The highest BCUT2D eigenvalue weighted by atomic mass is 35.5. The average Bonchev–Trinajstić information content (AvgIpc) is 3.18. The summed E-state index contributed by atoms with van der Waals surface area (Å²) in [5, 5.41) is 8.66. The molecule has 0 aliphatic carbocycles. The topological polar surface area (TPSA) is 65.4 Å². The van der Waals surface area contributed by atoms with Crippen molar-refractivity contribution in [1.29, 1.82) is 0 Å². The number of aromatic nitrogens is 2. The molecule has 0 spiro atoms. The van der Waals surface area contributed by atoms with Crippen LogP contribution >= 0.6 is 22.9 Å². The van der Waals surface area contributed by atoms with Crippen LogP contribution in [0.15, 0.2) is 23.3 Å². The number of nitrogens with one attached hydrogen (secondary N) is 2. The fourth-order valence-electron chi connectivity index (χ4n) is 2.97. The minimum atomic E-state index is 0.313. The number of thiazole rings is 1. The number of halogens is 1. The number of aliphatic imine (C=N–C) groups is 1. The van der Waals surface area contributed by atoms with E-state index in [0.717, 1.165) is 48.5 Å². The first-order valence-electron chi connectivity index (χ1n) is 8.32. The van der Waals surface area contributed by atoms with Crippen molar-refractivity contribution in [3.05, 3.63) is 38.9 Å². The Kier molecular flexibility index (Phi) is 5.75. The third-order valence-electron chi connectivity index (χ3n) is 4.21. The summed E-state index contributed by atoms with van der Waals surface area (Å²) in [7, 11) is 1.79. The first-order chi connectivity index (χ1) is 12.1. The zero-order valence-electron chi connectivity index (χ0n) is 14.7. The minimum absolute atomic E-state index is 0.313. The SMILES string of the molecule is CN=C(NCc1sc(C)nc1C)NC1CCN(c2ncccc2Cl)C1. The van der Waals surface area contributed by atoms with Gasteiger partial charge in [0.1, 0.15) is 5.82 Å². The van der Waals surface area contributed by atoms with Crippen LogP contribution in [0.25, 0.3) is 0 Å². The van der Waals surface area contributed by atoms with Crippen molar-refractivity contribution in [2.75, 3.05) is 25.0 Å². The van der Waals surface area contributed by atoms with Crippen LogP contribution in [-0.2, 0) is 6.54 Å². The Bertz CT molecular complexity index is 759. The Morgan fingerprint density at radius 2 is 2.32 bits per heavy atom. The first kappa shape index (κ1) is 17.9. The van der Waals surface area contributed by atoms with Crippen LogP contribution in [0, 0.1) is 13.8 Å². The van der Waals surface area contributed by atoms with Gasteiger partial charge in [-0.05, 0) is 32.4 Å². The number of anilines is 1. The van der Waals surface area contributed by atoms with Gasteiger partial charge in [-0.1, -0.05) is 11.6 Å². The summed E-state index contributed by atoms with van der Waals surface area (Å²) in [6.45, 7) is 6.60. The summed E-state index contributed by atoms with van der Waals surface area (Å²) >= 11 is 7.98. The quantitative estimate of drug-likeness (QED) is 0.632. The van der Waals surface area contributed by atoms with Gasteiger partial charge in [-0.15, -0.1) is 11.3 Å². The Balaban J connectivity index is 1.54. The lowest BCUT2D eigenvalue weighted by molar-refractivity contribution is 0.648. The molecule has 8 heteroatoms. The number of rotatable bonds is 4. The Morgan fingerprint density at radius 3 is 3.00 bits per heavy atom. The predicted octanol–water partition coefficient (Wildman–Crippen LogP) is 2.75. The molecule has 2 aromatic rings. The lowest BCUT2D eigenvalue weighted by Crippen LogP contribution is -2.44. The van der Waals surface area contributed by atoms with Crippen LogP contribution in [0.5, 0.6) is 0 Å². The highest BCUT2D eigenvalue weighted by Crippen LogP contribution is 2.25. The van der Waals surface area contributed by atoms with Gasteiger partial charge in [0, 0.05) is 37.3 Å². The number of hydrogen-bond acceptors (Lipinski definition) is 5. The molecule has 1 saturated heterocycles. The number of guanidine groups is 1. The second kappa shape index (κ2) is 8.01. The van der Waals surface area contributed by atoms with Gasteiger partial charge >= 0.3 is 0 Å². The number of aryl methyl sites for hydroxylation is 2. The largest absolute Gasteiger partial charge is 0.353 e. The average molecular weight is 379 g/mol. The molecule has 25 heavy (non-hydrogen) atoms. The number of nitrogens with zero attached hydrogens (tertiary/aromatic N) is 4. The molecule has 0 aromatic carbocycles. The molecule has 1 aliphatic heterocycles. The summed E-state index contributed by atoms with van der Waals surface area (Å²) < 4.78 is 0. The Labute approximate surface area is 157 Å². The minimum Gasteiger partial charge on any atom is -0.353 e. The van der Waals surface area contributed by atoms with Crippen molar-refractivity contribution in [2.24, 2.45) is 4.99 Å². The maximum atomic E-state index is 6.25. The summed E-state index contributed by atoms with van der Waals surface area (Å²) in [4.78, 5) is 16.7. The summed E-state index contributed by atoms with van der Waals surface area (Å²) in [6, 6.07) is 4.05. The summed E-state index contributed by atoms with van der Waals surface area (Å²) in [5.41, 5.74) is 1.09. The fraction of sp³-hybridized carbons (Fsp3) is 0.471. The molecule has 6 nitrogen and oxygen atoms in total. The van der Waals surface area contributed by atoms with Gasteiger partial charge in [-0.25, -0.2) is 9.97 Å². The molecule has 1 atom stereocenters. The van der Waals surface area contributed by atoms with E-state index in [0.29, 0.717) is 11.1 Å². The van der Waals surface area contributed by atoms with E-state index in [1.165, 1.54) is 4.88 Å². The van der Waals surface area contributed by atoms with Crippen LogP contribution < -0.4 is 15.5 Å². The van der Waals surface area contributed by atoms with Crippen LogP contribution in [0.4, 0.5) is 5.82 Å². The molecule has 134 valence electrons. The first-order valence-corrected chi connectivity index (χ1v) is 9.52. The molecule has 0 amide bonds. The highest BCUT2D eigenvalue weighted by Gasteiger charge is 2.25. The van der Waals surface area contributed by atoms with Crippen molar-refractivity contribution >= 4 is 34.7 Å². The second-order valence-electron chi connectivity index (χ2n) is 6.05. The summed E-state index contributed by atoms with van der Waals surface area (Å²) in [5.74, 6) is 1.66. The molecule has 0 radical (unpaired) electrons. The molecule has 3 rings (SSSR count). The van der Waals surface area contributed by atoms with Gasteiger partial charge < -0.3 is 15.5 Å². The van der Waals surface area contributed by atoms with Gasteiger partial charge in [0.05, 0.1) is 22.3 Å². The van der Waals surface area contributed by atoms with E-state index >= 15 is 0 Å². The van der Waals surface area contributed by atoms with Gasteiger partial charge in [-0.2, -0.15) is 0 Å². The fourth-order valence-corrected chi connectivity index (χ4v) is 4.09. The van der Waals surface area contributed by atoms with Gasteiger partial charge in [0.15, 0.2) is 5.96 Å². The molecule has 2 N–H and O–H groups in total. The molecule has 1 fully saturated rings. The van der Waals surface area contributed by atoms with Gasteiger partial charge in [-0.3, -0.25) is 4.99 Å². The van der Waals surface area contributed by atoms with Crippen LogP contribution in [0.3, 0.4) is 0 Å². The molecule has 2 aromatic heterocycles. The van der Waals surface area contributed by atoms with E-state index in [9.17, 15) is 0 Å². The zero-order valence-corrected chi connectivity index (χ0v) is 16.3. The molecule has 0 bridgehead atoms. The lowest BCUT2D eigenvalue weighted by atomic mass is 10.3. The van der Waals surface area contributed by atoms with E-state index in [4.69, 9.17) is 11.6 Å². The Hall–Kier alpha value is -1.86. The van der Waals surface area contributed by atoms with Crippen molar-refractivity contribution in [3.63, 3.8) is 0 Å². The highest BCUT2D eigenvalue weighted by molar-refractivity contribution is 7.11. The summed E-state index contributed by atoms with van der Waals surface area (Å²) in [6.07, 6.45) is 2.80. The van der Waals surface area contributed by atoms with E-state index in [2.05, 4.69) is 30.5 Å². The van der Waals surface area contributed by atoms with E-state index in [1.807, 2.05) is 26.0 Å². The van der Waals surface area contributed by atoms with Crippen LogP contribution in [0.2, 0.25) is 5.02 Å². The van der Waals surface area contributed by atoms with Gasteiger partial charge in [0.2, 0.25) is 0 Å². The third kappa shape index (κ3) is 4.41. The Morgan fingerprint density at radius 1 is 1.48 bits per heavy atom. The van der Waals surface area contributed by atoms with Crippen LogP contribution in [0.1, 0.15) is 22.0 Å². The molecule has 3 heterocycles. The molecule has 0 saturated carbocycles. The van der Waals surface area contributed by atoms with Crippen molar-refractivity contribution in [3.8, 4) is 0 Å². The van der Waals surface area contributed by atoms with Crippen molar-refractivity contribution < 1.29 is 0 Å². The maximum absolute atomic E-state index is 6.25.